The molecule has 0 aromatic heterocycles. The maximum atomic E-state index is 9.70. The minimum Gasteiger partial charge on any atom is -0.394 e. The quantitative estimate of drug-likeness (QED) is 0.737. The topological polar surface area (TPSA) is 26.7 Å². The first-order valence-electron chi connectivity index (χ1n) is 6.31. The lowest BCUT2D eigenvalue weighted by molar-refractivity contribution is -0.0232. The summed E-state index contributed by atoms with van der Waals surface area (Å²) in [6.45, 7) is 4.94. The van der Waals surface area contributed by atoms with E-state index in [9.17, 15) is 5.11 Å². The fourth-order valence-electron chi connectivity index (χ4n) is 3.07. The molecule has 0 radical (unpaired) electrons. The molecule has 0 bridgehead atoms. The molecule has 1 saturated heterocycles. The van der Waals surface area contributed by atoms with Crippen LogP contribution in [-0.2, 0) is 0 Å². The number of aliphatic hydroxyl groups is 1. The molecule has 1 N–H and O–H groups in total. The van der Waals surface area contributed by atoms with Crippen LogP contribution >= 0.6 is 0 Å². The van der Waals surface area contributed by atoms with E-state index in [4.69, 9.17) is 0 Å². The van der Waals surface area contributed by atoms with Crippen LogP contribution in [0.5, 0.6) is 0 Å². The van der Waals surface area contributed by atoms with Gasteiger partial charge in [0, 0.05) is 31.7 Å². The Hall–Kier alpha value is -0.120. The first-order chi connectivity index (χ1) is 7.27. The molecule has 3 nitrogen and oxygen atoms in total. The van der Waals surface area contributed by atoms with Crippen molar-refractivity contribution in [2.75, 3.05) is 39.8 Å². The maximum absolute atomic E-state index is 9.70. The lowest BCUT2D eigenvalue weighted by Crippen LogP contribution is -2.59. The van der Waals surface area contributed by atoms with Gasteiger partial charge in [0.1, 0.15) is 0 Å². The molecule has 88 valence electrons. The number of nitrogens with zero attached hydrogens (tertiary/aromatic N) is 2. The first-order valence-corrected chi connectivity index (χ1v) is 6.31. The van der Waals surface area contributed by atoms with Crippen molar-refractivity contribution in [1.29, 1.82) is 0 Å². The molecule has 0 spiro atoms. The third-order valence-electron chi connectivity index (χ3n) is 4.25. The minimum absolute atomic E-state index is 0.138. The van der Waals surface area contributed by atoms with E-state index in [1.165, 1.54) is 32.1 Å². The van der Waals surface area contributed by atoms with E-state index >= 15 is 0 Å². The van der Waals surface area contributed by atoms with Gasteiger partial charge in [0.2, 0.25) is 0 Å². The van der Waals surface area contributed by atoms with E-state index < -0.39 is 0 Å². The van der Waals surface area contributed by atoms with Crippen LogP contribution in [0.15, 0.2) is 0 Å². The second kappa shape index (κ2) is 4.81. The molecular formula is C12H24N2O. The van der Waals surface area contributed by atoms with Crippen LogP contribution in [0.4, 0.5) is 0 Å². The highest BCUT2D eigenvalue weighted by molar-refractivity contribution is 4.94. The summed E-state index contributed by atoms with van der Waals surface area (Å²) in [7, 11) is 2.18. The highest BCUT2D eigenvalue weighted by Crippen LogP contribution is 2.33. The van der Waals surface area contributed by atoms with Crippen LogP contribution in [0.1, 0.15) is 32.1 Å². The highest BCUT2D eigenvalue weighted by atomic mass is 16.3. The Bertz CT molecular complexity index is 194. The van der Waals surface area contributed by atoms with Crippen molar-refractivity contribution in [1.82, 2.24) is 9.80 Å². The Kier molecular flexibility index (Phi) is 3.65. The Morgan fingerprint density at radius 3 is 2.13 bits per heavy atom. The second-order valence-corrected chi connectivity index (χ2v) is 5.23. The number of aliphatic hydroxyl groups excluding tert-OH is 1. The fraction of sp³-hybridized carbons (Fsp3) is 1.00. The Labute approximate surface area is 93.1 Å². The second-order valence-electron chi connectivity index (χ2n) is 5.23. The summed E-state index contributed by atoms with van der Waals surface area (Å²) in [5.41, 5.74) is 0.138. The summed E-state index contributed by atoms with van der Waals surface area (Å²) >= 11 is 0. The summed E-state index contributed by atoms with van der Waals surface area (Å²) in [5, 5.41) is 9.70. The van der Waals surface area contributed by atoms with E-state index in [0.717, 1.165) is 26.2 Å². The largest absolute Gasteiger partial charge is 0.394 e. The minimum atomic E-state index is 0.138. The van der Waals surface area contributed by atoms with Crippen molar-refractivity contribution in [3.05, 3.63) is 0 Å². The molecule has 0 aromatic rings. The lowest BCUT2D eigenvalue weighted by atomic mass is 9.80. The molecule has 2 rings (SSSR count). The number of likely N-dealkylation sites (N-methyl/N-ethyl adjacent to an activating group) is 1. The molecule has 2 aliphatic rings. The van der Waals surface area contributed by atoms with Crippen LogP contribution < -0.4 is 0 Å². The van der Waals surface area contributed by atoms with E-state index in [2.05, 4.69) is 16.8 Å². The Morgan fingerprint density at radius 1 is 1.00 bits per heavy atom. The fourth-order valence-corrected chi connectivity index (χ4v) is 3.07. The molecule has 1 aliphatic heterocycles. The van der Waals surface area contributed by atoms with Crippen molar-refractivity contribution in [2.24, 2.45) is 0 Å². The van der Waals surface area contributed by atoms with Gasteiger partial charge in [0.25, 0.3) is 0 Å². The van der Waals surface area contributed by atoms with Crippen molar-refractivity contribution in [3.8, 4) is 0 Å². The van der Waals surface area contributed by atoms with Crippen LogP contribution in [0.2, 0.25) is 0 Å². The maximum Gasteiger partial charge on any atom is 0.0615 e. The van der Waals surface area contributed by atoms with Gasteiger partial charge < -0.3 is 10.0 Å². The van der Waals surface area contributed by atoms with E-state index in [1.54, 1.807) is 0 Å². The van der Waals surface area contributed by atoms with Crippen LogP contribution in [0.3, 0.4) is 0 Å². The van der Waals surface area contributed by atoms with Gasteiger partial charge in [-0.25, -0.2) is 0 Å². The zero-order valence-corrected chi connectivity index (χ0v) is 9.91. The van der Waals surface area contributed by atoms with Crippen molar-refractivity contribution in [3.63, 3.8) is 0 Å². The van der Waals surface area contributed by atoms with Gasteiger partial charge in [-0.15, -0.1) is 0 Å². The molecule has 15 heavy (non-hydrogen) atoms. The van der Waals surface area contributed by atoms with E-state index in [0.29, 0.717) is 6.61 Å². The number of hydrogen-bond acceptors (Lipinski definition) is 3. The average molecular weight is 212 g/mol. The predicted octanol–water partition coefficient (Wildman–Crippen LogP) is 0.929. The smallest absolute Gasteiger partial charge is 0.0615 e. The lowest BCUT2D eigenvalue weighted by Gasteiger charge is -2.48. The highest BCUT2D eigenvalue weighted by Gasteiger charge is 2.38. The summed E-state index contributed by atoms with van der Waals surface area (Å²) in [5.74, 6) is 0. The molecule has 3 heteroatoms. The van der Waals surface area contributed by atoms with Crippen molar-refractivity contribution in [2.45, 2.75) is 37.6 Å². The van der Waals surface area contributed by atoms with Crippen LogP contribution in [-0.4, -0.2) is 60.3 Å². The van der Waals surface area contributed by atoms with Gasteiger partial charge >= 0.3 is 0 Å². The van der Waals surface area contributed by atoms with Gasteiger partial charge in [-0.3, -0.25) is 4.90 Å². The van der Waals surface area contributed by atoms with Crippen LogP contribution in [0, 0.1) is 0 Å². The molecule has 2 fully saturated rings. The normalized spacial score (nSPS) is 29.2. The van der Waals surface area contributed by atoms with E-state index in [1.807, 2.05) is 0 Å². The molecule has 0 unspecified atom stereocenters. The monoisotopic (exact) mass is 212 g/mol. The number of hydrogen-bond donors (Lipinski definition) is 1. The zero-order chi connectivity index (χ0) is 10.7. The van der Waals surface area contributed by atoms with Gasteiger partial charge in [0.05, 0.1) is 6.61 Å². The molecule has 1 heterocycles. The summed E-state index contributed by atoms with van der Waals surface area (Å²) in [4.78, 5) is 4.93. The van der Waals surface area contributed by atoms with Gasteiger partial charge in [-0.05, 0) is 19.9 Å². The number of rotatable bonds is 2. The van der Waals surface area contributed by atoms with Gasteiger partial charge in [0.15, 0.2) is 0 Å². The Morgan fingerprint density at radius 2 is 1.60 bits per heavy atom. The summed E-state index contributed by atoms with van der Waals surface area (Å²) in [6.07, 6.45) is 6.36. The van der Waals surface area contributed by atoms with Crippen molar-refractivity contribution < 1.29 is 5.11 Å². The standard InChI is InChI=1S/C12H24N2O/c1-13-7-9-14(10-8-13)12(11-15)5-3-2-4-6-12/h15H,2-11H2,1H3. The molecule has 0 aromatic carbocycles. The third-order valence-corrected chi connectivity index (χ3v) is 4.25. The van der Waals surface area contributed by atoms with E-state index in [-0.39, 0.29) is 5.54 Å². The van der Waals surface area contributed by atoms with Gasteiger partial charge in [-0.2, -0.15) is 0 Å². The molecule has 0 atom stereocenters. The summed E-state index contributed by atoms with van der Waals surface area (Å²) in [6, 6.07) is 0. The first kappa shape index (κ1) is 11.4. The molecular weight excluding hydrogens is 188 g/mol. The van der Waals surface area contributed by atoms with Crippen molar-refractivity contribution >= 4 is 0 Å². The average Bonchev–Trinajstić information content (AvgIpc) is 2.31. The zero-order valence-electron chi connectivity index (χ0n) is 9.91. The molecule has 0 amide bonds. The number of piperazine rings is 1. The molecule has 1 aliphatic carbocycles. The van der Waals surface area contributed by atoms with Crippen LogP contribution in [0.25, 0.3) is 0 Å². The predicted molar refractivity (Wildman–Crippen MR) is 62.0 cm³/mol. The van der Waals surface area contributed by atoms with Gasteiger partial charge in [-0.1, -0.05) is 19.3 Å². The molecule has 1 saturated carbocycles. The SMILES string of the molecule is CN1CCN(C2(CO)CCCCC2)CC1. The third kappa shape index (κ3) is 2.35. The Balaban J connectivity index is 1.98. The summed E-state index contributed by atoms with van der Waals surface area (Å²) < 4.78 is 0.